The maximum absolute atomic E-state index is 13.5. The van der Waals surface area contributed by atoms with Gasteiger partial charge in [0.15, 0.2) is 0 Å². The first-order valence-corrected chi connectivity index (χ1v) is 13.5. The van der Waals surface area contributed by atoms with Crippen LogP contribution in [0.15, 0.2) is 60.7 Å². The molecule has 0 bridgehead atoms. The number of nitrogens with one attached hydrogen (secondary N) is 3. The third kappa shape index (κ3) is 9.63. The van der Waals surface area contributed by atoms with Gasteiger partial charge in [0.1, 0.15) is 23.6 Å². The van der Waals surface area contributed by atoms with E-state index in [9.17, 15) is 40.7 Å². The summed E-state index contributed by atoms with van der Waals surface area (Å²) in [6.07, 6.45) is -7.63. The number of amides is 3. The Labute approximate surface area is 254 Å². The van der Waals surface area contributed by atoms with E-state index in [4.69, 9.17) is 16.3 Å². The quantitative estimate of drug-likeness (QED) is 0.196. The molecule has 0 aliphatic carbocycles. The first-order valence-electron chi connectivity index (χ1n) is 13.1. The van der Waals surface area contributed by atoms with Gasteiger partial charge in [-0.2, -0.15) is 13.2 Å². The summed E-state index contributed by atoms with van der Waals surface area (Å²) >= 11 is 6.15. The number of halogens is 7. The number of benzene rings is 3. The summed E-state index contributed by atoms with van der Waals surface area (Å²) in [5, 5.41) is 7.06. The lowest BCUT2D eigenvalue weighted by Crippen LogP contribution is -2.46. The van der Waals surface area contributed by atoms with E-state index in [-0.39, 0.29) is 45.4 Å². The van der Waals surface area contributed by atoms with Gasteiger partial charge in [-0.3, -0.25) is 14.4 Å². The second-order valence-corrected chi connectivity index (χ2v) is 9.86. The lowest BCUT2D eigenvalue weighted by atomic mass is 9.91. The van der Waals surface area contributed by atoms with E-state index in [1.54, 1.807) is 0 Å². The molecule has 0 aromatic heterocycles. The molecular formula is C30H30ClF6N3O4. The standard InChI is InChI=1S/C28H24ClF6N3O4.C2H6/c1-27(2,28(33,34)35)26(41)36-13-15-6-8-21(29)19(10-15)24(39)38-18-7-9-22(42-14-23(31)32)20(12-18)25(40)37-17-5-3-4-16(30)11-17;1-2/h3-12,23H,13-14H2,1-2H3,(H,36,41)(H,37,40)(H,38,39);1-2H3. The van der Waals surface area contributed by atoms with Gasteiger partial charge in [0.05, 0.1) is 16.1 Å². The van der Waals surface area contributed by atoms with Gasteiger partial charge in [-0.25, -0.2) is 13.2 Å². The normalized spacial score (nSPS) is 11.3. The Morgan fingerprint density at radius 2 is 1.48 bits per heavy atom. The number of alkyl halides is 5. The highest BCUT2D eigenvalue weighted by Gasteiger charge is 2.52. The Kier molecular flexibility index (Phi) is 12.6. The lowest BCUT2D eigenvalue weighted by Gasteiger charge is -2.26. The average molecular weight is 646 g/mol. The number of carbonyl (C=O) groups is 3. The Hall–Kier alpha value is -4.26. The molecule has 0 saturated heterocycles. The Balaban J connectivity index is 0.00000330. The fraction of sp³-hybridized carbons (Fsp3) is 0.300. The first kappa shape index (κ1) is 35.9. The molecule has 0 heterocycles. The van der Waals surface area contributed by atoms with E-state index >= 15 is 0 Å². The van der Waals surface area contributed by atoms with E-state index in [2.05, 4.69) is 16.0 Å². The van der Waals surface area contributed by atoms with Crippen molar-refractivity contribution in [3.8, 4) is 5.75 Å². The van der Waals surface area contributed by atoms with Gasteiger partial charge in [0, 0.05) is 17.9 Å². The van der Waals surface area contributed by atoms with Gasteiger partial charge in [0.2, 0.25) is 5.91 Å². The summed E-state index contributed by atoms with van der Waals surface area (Å²) in [5.41, 5.74) is -2.65. The SMILES string of the molecule is CC.CC(C)(C(=O)NCc1ccc(Cl)c(C(=O)Nc2ccc(OCC(F)F)c(C(=O)Nc3cccc(F)c3)c2)c1)C(F)(F)F. The van der Waals surface area contributed by atoms with Crippen LogP contribution in [-0.4, -0.2) is 36.9 Å². The van der Waals surface area contributed by atoms with Gasteiger partial charge >= 0.3 is 6.18 Å². The van der Waals surface area contributed by atoms with Crippen molar-refractivity contribution < 1.29 is 45.5 Å². The Bertz CT molecular complexity index is 1480. The summed E-state index contributed by atoms with van der Waals surface area (Å²) in [6.45, 7) is 4.11. The molecule has 14 heteroatoms. The van der Waals surface area contributed by atoms with Crippen molar-refractivity contribution in [2.75, 3.05) is 17.2 Å². The predicted molar refractivity (Wildman–Crippen MR) is 155 cm³/mol. The predicted octanol–water partition coefficient (Wildman–Crippen LogP) is 7.86. The molecule has 0 fully saturated rings. The van der Waals surface area contributed by atoms with Crippen molar-refractivity contribution in [1.82, 2.24) is 5.32 Å². The minimum Gasteiger partial charge on any atom is -0.487 e. The Morgan fingerprint density at radius 3 is 2.07 bits per heavy atom. The highest BCUT2D eigenvalue weighted by atomic mass is 35.5. The largest absolute Gasteiger partial charge is 0.487 e. The van der Waals surface area contributed by atoms with Crippen LogP contribution in [-0.2, 0) is 11.3 Å². The molecule has 3 aromatic rings. The molecule has 3 rings (SSSR count). The van der Waals surface area contributed by atoms with Gasteiger partial charge in [-0.15, -0.1) is 0 Å². The van der Waals surface area contributed by atoms with Crippen molar-refractivity contribution in [2.24, 2.45) is 5.41 Å². The first-order chi connectivity index (χ1) is 20.6. The van der Waals surface area contributed by atoms with Crippen LogP contribution >= 0.6 is 11.6 Å². The van der Waals surface area contributed by atoms with E-state index in [0.29, 0.717) is 0 Å². The van der Waals surface area contributed by atoms with Gasteiger partial charge in [0.25, 0.3) is 18.2 Å². The minimum absolute atomic E-state index is 0.0236. The van der Waals surface area contributed by atoms with Crippen LogP contribution < -0.4 is 20.7 Å². The molecule has 3 aromatic carbocycles. The molecule has 0 unspecified atom stereocenters. The van der Waals surface area contributed by atoms with Crippen LogP contribution in [0.1, 0.15) is 54.0 Å². The maximum Gasteiger partial charge on any atom is 0.402 e. The molecule has 7 nitrogen and oxygen atoms in total. The molecule has 44 heavy (non-hydrogen) atoms. The zero-order valence-electron chi connectivity index (χ0n) is 24.0. The topological polar surface area (TPSA) is 96.5 Å². The second kappa shape index (κ2) is 15.5. The number of anilines is 2. The molecular weight excluding hydrogens is 616 g/mol. The molecule has 0 saturated carbocycles. The highest BCUT2D eigenvalue weighted by molar-refractivity contribution is 6.34. The second-order valence-electron chi connectivity index (χ2n) is 9.45. The van der Waals surface area contributed by atoms with E-state index < -0.39 is 48.2 Å². The van der Waals surface area contributed by atoms with Gasteiger partial charge < -0.3 is 20.7 Å². The number of hydrogen-bond donors (Lipinski definition) is 3. The van der Waals surface area contributed by atoms with Crippen molar-refractivity contribution >= 4 is 40.7 Å². The zero-order valence-corrected chi connectivity index (χ0v) is 24.8. The molecule has 3 amide bonds. The van der Waals surface area contributed by atoms with Gasteiger partial charge in [-0.1, -0.05) is 37.6 Å². The summed E-state index contributed by atoms with van der Waals surface area (Å²) in [6, 6.07) is 12.5. The van der Waals surface area contributed by atoms with E-state index in [1.807, 2.05) is 13.8 Å². The minimum atomic E-state index is -4.78. The third-order valence-corrected chi connectivity index (χ3v) is 6.26. The average Bonchev–Trinajstić information content (AvgIpc) is 2.96. The van der Waals surface area contributed by atoms with Crippen molar-refractivity contribution in [1.29, 1.82) is 0 Å². The summed E-state index contributed by atoms with van der Waals surface area (Å²) < 4.78 is 83.5. The number of ether oxygens (including phenoxy) is 1. The zero-order chi connectivity index (χ0) is 33.2. The molecule has 238 valence electrons. The third-order valence-electron chi connectivity index (χ3n) is 5.93. The van der Waals surface area contributed by atoms with Crippen LogP contribution in [0.3, 0.4) is 0 Å². The van der Waals surface area contributed by atoms with Crippen molar-refractivity contribution in [3.63, 3.8) is 0 Å². The number of hydrogen-bond acceptors (Lipinski definition) is 4. The van der Waals surface area contributed by atoms with Crippen LogP contribution in [0.25, 0.3) is 0 Å². The van der Waals surface area contributed by atoms with Crippen molar-refractivity contribution in [3.05, 3.63) is 88.2 Å². The summed E-state index contributed by atoms with van der Waals surface area (Å²) in [7, 11) is 0. The number of rotatable bonds is 10. The highest BCUT2D eigenvalue weighted by Crippen LogP contribution is 2.37. The molecule has 0 aliphatic rings. The fourth-order valence-electron chi connectivity index (χ4n) is 3.42. The van der Waals surface area contributed by atoms with Gasteiger partial charge in [-0.05, 0) is 67.9 Å². The summed E-state index contributed by atoms with van der Waals surface area (Å²) in [4.78, 5) is 38.0. The van der Waals surface area contributed by atoms with Crippen LogP contribution in [0.5, 0.6) is 5.75 Å². The van der Waals surface area contributed by atoms with Crippen LogP contribution in [0.2, 0.25) is 5.02 Å². The lowest BCUT2D eigenvalue weighted by molar-refractivity contribution is -0.211. The smallest absolute Gasteiger partial charge is 0.402 e. The molecule has 0 spiro atoms. The molecule has 3 N–H and O–H groups in total. The van der Waals surface area contributed by atoms with Crippen molar-refractivity contribution in [2.45, 2.75) is 46.8 Å². The Morgan fingerprint density at radius 1 is 0.864 bits per heavy atom. The van der Waals surface area contributed by atoms with E-state index in [0.717, 1.165) is 32.0 Å². The molecule has 0 radical (unpaired) electrons. The van der Waals surface area contributed by atoms with E-state index in [1.165, 1.54) is 42.5 Å². The molecule has 0 atom stereocenters. The summed E-state index contributed by atoms with van der Waals surface area (Å²) in [5.74, 6) is -3.78. The van der Waals surface area contributed by atoms with Crippen LogP contribution in [0.4, 0.5) is 37.7 Å². The van der Waals surface area contributed by atoms with Crippen LogP contribution in [0, 0.1) is 11.2 Å². The number of carbonyl (C=O) groups excluding carboxylic acids is 3. The maximum atomic E-state index is 13.5. The molecule has 0 aliphatic heterocycles. The fourth-order valence-corrected chi connectivity index (χ4v) is 3.62. The monoisotopic (exact) mass is 645 g/mol.